The number of benzene rings is 2. The zero-order chi connectivity index (χ0) is 26.0. The van der Waals surface area contributed by atoms with E-state index in [1.807, 2.05) is 6.07 Å². The average molecular weight is 517 g/mol. The highest BCUT2D eigenvalue weighted by atomic mass is 32.2. The van der Waals surface area contributed by atoms with Crippen molar-refractivity contribution < 1.29 is 17.6 Å². The minimum atomic E-state index is -4.10. The van der Waals surface area contributed by atoms with Crippen LogP contribution in [0, 0.1) is 12.7 Å². The number of nitrogens with one attached hydrogen (secondary N) is 2. The number of Topliss-reactive ketones (excluding diaryl/α,β-unsaturated/α-hetero) is 1. The van der Waals surface area contributed by atoms with Crippen LogP contribution in [0.25, 0.3) is 22.4 Å². The van der Waals surface area contributed by atoms with Crippen LogP contribution in [0.5, 0.6) is 0 Å². The minimum Gasteiger partial charge on any atom is -0.299 e. The van der Waals surface area contributed by atoms with Gasteiger partial charge in [0.15, 0.2) is 5.65 Å². The second-order valence-corrected chi connectivity index (χ2v) is 10.2. The lowest BCUT2D eigenvalue weighted by atomic mass is 10.1. The Morgan fingerprint density at radius 3 is 2.62 bits per heavy atom. The molecule has 186 valence electrons. The lowest BCUT2D eigenvalue weighted by Crippen LogP contribution is -2.14. The third-order valence-corrected chi connectivity index (χ3v) is 7.04. The van der Waals surface area contributed by atoms with Crippen LogP contribution in [0.4, 0.5) is 10.1 Å². The Hall–Kier alpha value is -4.51. The van der Waals surface area contributed by atoms with E-state index in [2.05, 4.69) is 29.9 Å². The minimum absolute atomic E-state index is 0.00647. The summed E-state index contributed by atoms with van der Waals surface area (Å²) >= 11 is 0. The first-order valence-electron chi connectivity index (χ1n) is 11.3. The highest BCUT2D eigenvalue weighted by Gasteiger charge is 2.20. The van der Waals surface area contributed by atoms with Crippen LogP contribution in [-0.4, -0.2) is 39.4 Å². The zero-order valence-electron chi connectivity index (χ0n) is 19.6. The van der Waals surface area contributed by atoms with Crippen molar-refractivity contribution in [3.8, 4) is 11.3 Å². The van der Waals surface area contributed by atoms with Gasteiger partial charge in [-0.3, -0.25) is 19.6 Å². The van der Waals surface area contributed by atoms with E-state index in [1.165, 1.54) is 12.1 Å². The molecular formula is C26H21FN6O3S. The van der Waals surface area contributed by atoms with Gasteiger partial charge in [0.2, 0.25) is 0 Å². The number of aromatic amines is 1. The highest BCUT2D eigenvalue weighted by molar-refractivity contribution is 7.92. The number of carbonyl (C=O) groups excluding carboxylic acids is 1. The number of rotatable bonds is 8. The van der Waals surface area contributed by atoms with Gasteiger partial charge in [-0.05, 0) is 48.4 Å². The predicted molar refractivity (Wildman–Crippen MR) is 136 cm³/mol. The van der Waals surface area contributed by atoms with Crippen LogP contribution >= 0.6 is 0 Å². The van der Waals surface area contributed by atoms with Gasteiger partial charge in [0.1, 0.15) is 22.0 Å². The number of carbonyl (C=O) groups is 1. The summed E-state index contributed by atoms with van der Waals surface area (Å²) in [6, 6.07) is 14.0. The molecule has 0 bridgehead atoms. The number of nitrogens with zero attached hydrogens (tertiary/aromatic N) is 4. The molecule has 37 heavy (non-hydrogen) atoms. The smallest absolute Gasteiger partial charge is 0.264 e. The third kappa shape index (κ3) is 5.36. The monoisotopic (exact) mass is 516 g/mol. The molecule has 2 N–H and O–H groups in total. The summed E-state index contributed by atoms with van der Waals surface area (Å²) in [4.78, 5) is 25.0. The molecule has 0 aliphatic rings. The number of pyridine rings is 1. The molecule has 0 saturated heterocycles. The van der Waals surface area contributed by atoms with Gasteiger partial charge in [0.05, 0.1) is 24.0 Å². The Morgan fingerprint density at radius 1 is 1.05 bits per heavy atom. The fraction of sp³-hybridized carbons (Fsp3) is 0.115. The van der Waals surface area contributed by atoms with Crippen LogP contribution in [0.1, 0.15) is 16.8 Å². The second kappa shape index (κ2) is 9.86. The van der Waals surface area contributed by atoms with Crippen molar-refractivity contribution in [3.63, 3.8) is 0 Å². The molecule has 5 aromatic rings. The fourth-order valence-corrected chi connectivity index (χ4v) is 5.05. The van der Waals surface area contributed by atoms with Crippen LogP contribution in [-0.2, 0) is 27.7 Å². The van der Waals surface area contributed by atoms with E-state index < -0.39 is 20.7 Å². The quantitative estimate of drug-likeness (QED) is 0.319. The SMILES string of the molecule is Cc1ccc(F)c(S(=O)(=O)Nc2ccc(-c3cnc4c(CC(=O)Cc5cccnc5)[nH]nc4n3)cc2)c1. The van der Waals surface area contributed by atoms with E-state index in [-0.39, 0.29) is 24.3 Å². The molecule has 0 unspecified atom stereocenters. The molecule has 0 aliphatic carbocycles. The van der Waals surface area contributed by atoms with Crippen molar-refractivity contribution in [1.82, 2.24) is 25.1 Å². The summed E-state index contributed by atoms with van der Waals surface area (Å²) in [5.41, 5.74) is 4.38. The number of sulfonamides is 1. The Balaban J connectivity index is 1.31. The molecular weight excluding hydrogens is 495 g/mol. The maximum atomic E-state index is 14.1. The molecule has 0 amide bonds. The van der Waals surface area contributed by atoms with Crippen molar-refractivity contribution >= 4 is 32.7 Å². The van der Waals surface area contributed by atoms with Gasteiger partial charge in [0, 0.05) is 30.1 Å². The Bertz CT molecular complexity index is 1700. The number of ketones is 1. The molecule has 0 saturated carbocycles. The first-order chi connectivity index (χ1) is 17.8. The standard InChI is InChI=1S/C26H21FN6O3S/c1-16-4-9-21(27)24(11-16)37(35,36)33-19-7-5-18(6-8-19)23-15-29-25-22(31-32-26(25)30-23)13-20(34)12-17-3-2-10-28-14-17/h2-11,14-15,33H,12-13H2,1H3,(H,30,31,32). The van der Waals surface area contributed by atoms with Crippen LogP contribution in [0.15, 0.2) is 78.1 Å². The summed E-state index contributed by atoms with van der Waals surface area (Å²) in [5, 5.41) is 7.04. The maximum absolute atomic E-state index is 14.1. The molecule has 11 heteroatoms. The summed E-state index contributed by atoms with van der Waals surface area (Å²) in [6.07, 6.45) is 5.27. The van der Waals surface area contributed by atoms with Crippen molar-refractivity contribution in [3.05, 3.63) is 95.8 Å². The molecule has 0 aliphatic heterocycles. The zero-order valence-corrected chi connectivity index (χ0v) is 20.5. The summed E-state index contributed by atoms with van der Waals surface area (Å²) in [5.74, 6) is -0.830. The normalized spacial score (nSPS) is 11.5. The van der Waals surface area contributed by atoms with Crippen LogP contribution < -0.4 is 4.72 Å². The van der Waals surface area contributed by atoms with E-state index >= 15 is 0 Å². The summed E-state index contributed by atoms with van der Waals surface area (Å²) < 4.78 is 41.8. The number of hydrogen-bond donors (Lipinski definition) is 2. The molecule has 0 atom stereocenters. The molecule has 5 rings (SSSR count). The van der Waals surface area contributed by atoms with E-state index in [9.17, 15) is 17.6 Å². The van der Waals surface area contributed by atoms with Gasteiger partial charge in [-0.15, -0.1) is 0 Å². The van der Waals surface area contributed by atoms with Gasteiger partial charge in [-0.2, -0.15) is 5.10 Å². The van der Waals surface area contributed by atoms with E-state index in [4.69, 9.17) is 0 Å². The fourth-order valence-electron chi connectivity index (χ4n) is 3.83. The number of halogens is 1. The Labute approximate surface area is 211 Å². The number of aryl methyl sites for hydroxylation is 1. The summed E-state index contributed by atoms with van der Waals surface area (Å²) in [6.45, 7) is 1.69. The van der Waals surface area contributed by atoms with E-state index in [1.54, 1.807) is 55.8 Å². The topological polar surface area (TPSA) is 131 Å². The lowest BCUT2D eigenvalue weighted by molar-refractivity contribution is -0.117. The largest absolute Gasteiger partial charge is 0.299 e. The van der Waals surface area contributed by atoms with Gasteiger partial charge in [0.25, 0.3) is 10.0 Å². The third-order valence-electron chi connectivity index (χ3n) is 5.64. The van der Waals surface area contributed by atoms with E-state index in [0.717, 1.165) is 11.6 Å². The van der Waals surface area contributed by atoms with Gasteiger partial charge < -0.3 is 0 Å². The van der Waals surface area contributed by atoms with Crippen molar-refractivity contribution in [2.24, 2.45) is 0 Å². The van der Waals surface area contributed by atoms with Gasteiger partial charge in [-0.1, -0.05) is 24.3 Å². The number of anilines is 1. The number of aromatic nitrogens is 5. The molecule has 2 aromatic carbocycles. The highest BCUT2D eigenvalue weighted by Crippen LogP contribution is 2.24. The van der Waals surface area contributed by atoms with Crippen molar-refractivity contribution in [1.29, 1.82) is 0 Å². The number of H-pyrrole nitrogens is 1. The average Bonchev–Trinajstić information content (AvgIpc) is 3.28. The van der Waals surface area contributed by atoms with Crippen molar-refractivity contribution in [2.75, 3.05) is 4.72 Å². The van der Waals surface area contributed by atoms with Gasteiger partial charge in [-0.25, -0.2) is 22.8 Å². The number of fused-ring (bicyclic) bond motifs is 1. The first kappa shape index (κ1) is 24.2. The molecule has 0 fully saturated rings. The molecule has 3 aromatic heterocycles. The first-order valence-corrected chi connectivity index (χ1v) is 12.8. The Kier molecular flexibility index (Phi) is 6.45. The molecule has 3 heterocycles. The lowest BCUT2D eigenvalue weighted by Gasteiger charge is -2.10. The predicted octanol–water partition coefficient (Wildman–Crippen LogP) is 4.02. The van der Waals surface area contributed by atoms with Crippen LogP contribution in [0.3, 0.4) is 0 Å². The number of hydrogen-bond acceptors (Lipinski definition) is 7. The molecule has 0 radical (unpaired) electrons. The molecule has 0 spiro atoms. The Morgan fingerprint density at radius 2 is 1.86 bits per heavy atom. The van der Waals surface area contributed by atoms with Crippen molar-refractivity contribution in [2.45, 2.75) is 24.7 Å². The van der Waals surface area contributed by atoms with E-state index in [0.29, 0.717) is 33.7 Å². The maximum Gasteiger partial charge on any atom is 0.264 e. The second-order valence-electron chi connectivity index (χ2n) is 8.50. The molecule has 9 nitrogen and oxygen atoms in total. The summed E-state index contributed by atoms with van der Waals surface area (Å²) in [7, 11) is -4.10. The van der Waals surface area contributed by atoms with Gasteiger partial charge >= 0.3 is 0 Å². The van der Waals surface area contributed by atoms with Crippen LogP contribution in [0.2, 0.25) is 0 Å².